The van der Waals surface area contributed by atoms with Crippen LogP contribution < -0.4 is 5.73 Å². The third-order valence-electron chi connectivity index (χ3n) is 3.50. The summed E-state index contributed by atoms with van der Waals surface area (Å²) in [5.74, 6) is 0. The van der Waals surface area contributed by atoms with Gasteiger partial charge in [-0.3, -0.25) is 4.98 Å². The predicted molar refractivity (Wildman–Crippen MR) is 91.6 cm³/mol. The summed E-state index contributed by atoms with van der Waals surface area (Å²) in [6.45, 7) is 8.76. The molecule has 2 N–H and O–H groups in total. The third-order valence-corrected chi connectivity index (χ3v) is 5.00. The Hall–Kier alpha value is -1.32. The van der Waals surface area contributed by atoms with E-state index in [1.54, 1.807) is 0 Å². The van der Waals surface area contributed by atoms with E-state index in [0.29, 0.717) is 0 Å². The molecule has 2 aromatic rings. The Morgan fingerprint density at radius 3 is 2.05 bits per heavy atom. The number of thioether (sulfide) groups is 1. The van der Waals surface area contributed by atoms with E-state index in [0.717, 1.165) is 0 Å². The summed E-state index contributed by atoms with van der Waals surface area (Å²) in [6.07, 6.45) is 3.65. The fraction of sp³-hybridized carbons (Fsp3) is 0.389. The summed E-state index contributed by atoms with van der Waals surface area (Å²) in [7, 11) is 0. The number of aromatic nitrogens is 1. The standard InChI is InChI=1S/C18H24N2S/c1-13(19)17(14-9-11-20-12-10-14)21-16-7-5-15(6-8-16)18(2,3)4/h5-13,17H,19H2,1-4H3. The molecule has 2 atom stereocenters. The van der Waals surface area contributed by atoms with E-state index in [1.165, 1.54) is 16.0 Å². The molecule has 0 spiro atoms. The molecule has 3 heteroatoms. The topological polar surface area (TPSA) is 38.9 Å². The van der Waals surface area contributed by atoms with E-state index in [1.807, 2.05) is 36.3 Å². The van der Waals surface area contributed by atoms with Crippen LogP contribution in [0.25, 0.3) is 0 Å². The van der Waals surface area contributed by atoms with Gasteiger partial charge in [-0.05, 0) is 47.7 Å². The molecule has 0 aliphatic carbocycles. The van der Waals surface area contributed by atoms with Gasteiger partial charge in [-0.2, -0.15) is 0 Å². The van der Waals surface area contributed by atoms with Gasteiger partial charge in [0.2, 0.25) is 0 Å². The second-order valence-corrected chi connectivity index (χ2v) is 7.67. The Bertz CT molecular complexity index is 556. The molecule has 2 unspecified atom stereocenters. The highest BCUT2D eigenvalue weighted by atomic mass is 32.2. The minimum Gasteiger partial charge on any atom is -0.327 e. The summed E-state index contributed by atoms with van der Waals surface area (Å²) < 4.78 is 0. The Morgan fingerprint density at radius 2 is 1.57 bits per heavy atom. The minimum atomic E-state index is 0.0830. The molecule has 21 heavy (non-hydrogen) atoms. The summed E-state index contributed by atoms with van der Waals surface area (Å²) in [4.78, 5) is 5.33. The van der Waals surface area contributed by atoms with E-state index in [9.17, 15) is 0 Å². The van der Waals surface area contributed by atoms with Gasteiger partial charge in [-0.1, -0.05) is 32.9 Å². The van der Waals surface area contributed by atoms with E-state index in [-0.39, 0.29) is 16.7 Å². The first-order chi connectivity index (χ1) is 9.88. The van der Waals surface area contributed by atoms with Crippen molar-refractivity contribution >= 4 is 11.8 Å². The highest BCUT2D eigenvalue weighted by Crippen LogP contribution is 2.37. The number of nitrogens with two attached hydrogens (primary N) is 1. The van der Waals surface area contributed by atoms with Gasteiger partial charge < -0.3 is 5.73 Å². The van der Waals surface area contributed by atoms with Crippen molar-refractivity contribution in [2.45, 2.75) is 49.3 Å². The van der Waals surface area contributed by atoms with Gasteiger partial charge in [-0.25, -0.2) is 0 Å². The van der Waals surface area contributed by atoms with Crippen molar-refractivity contribution in [3.63, 3.8) is 0 Å². The lowest BCUT2D eigenvalue weighted by molar-refractivity contribution is 0.589. The molecule has 0 bridgehead atoms. The van der Waals surface area contributed by atoms with Crippen LogP contribution in [0.1, 0.15) is 44.1 Å². The van der Waals surface area contributed by atoms with E-state index in [4.69, 9.17) is 5.73 Å². The van der Waals surface area contributed by atoms with Gasteiger partial charge >= 0.3 is 0 Å². The lowest BCUT2D eigenvalue weighted by Crippen LogP contribution is -2.22. The summed E-state index contributed by atoms with van der Waals surface area (Å²) in [5.41, 5.74) is 8.95. The van der Waals surface area contributed by atoms with Gasteiger partial charge in [0.1, 0.15) is 0 Å². The fourth-order valence-electron chi connectivity index (χ4n) is 2.21. The Kier molecular flexibility index (Phi) is 5.07. The first-order valence-electron chi connectivity index (χ1n) is 7.30. The van der Waals surface area contributed by atoms with Crippen LogP contribution in [0.15, 0.2) is 53.7 Å². The number of pyridine rings is 1. The molecule has 2 rings (SSSR count). The zero-order valence-electron chi connectivity index (χ0n) is 13.2. The SMILES string of the molecule is CC(N)C(Sc1ccc(C(C)(C)C)cc1)c1ccncc1. The molecule has 0 fully saturated rings. The van der Waals surface area contributed by atoms with Crippen LogP contribution in [-0.4, -0.2) is 11.0 Å². The lowest BCUT2D eigenvalue weighted by Gasteiger charge is -2.22. The zero-order chi connectivity index (χ0) is 15.5. The number of benzene rings is 1. The van der Waals surface area contributed by atoms with Gasteiger partial charge in [0.25, 0.3) is 0 Å². The van der Waals surface area contributed by atoms with E-state index in [2.05, 4.69) is 56.9 Å². The summed E-state index contributed by atoms with van der Waals surface area (Å²) in [6, 6.07) is 13.0. The quantitative estimate of drug-likeness (QED) is 0.841. The summed E-state index contributed by atoms with van der Waals surface area (Å²) in [5, 5.41) is 0.244. The van der Waals surface area contributed by atoms with Gasteiger partial charge in [0.15, 0.2) is 0 Å². The second kappa shape index (κ2) is 6.63. The largest absolute Gasteiger partial charge is 0.327 e. The van der Waals surface area contributed by atoms with Gasteiger partial charge in [0, 0.05) is 28.6 Å². The molecule has 2 nitrogen and oxygen atoms in total. The van der Waals surface area contributed by atoms with Crippen molar-refractivity contribution in [3.8, 4) is 0 Å². The fourth-order valence-corrected chi connectivity index (χ4v) is 3.31. The molecule has 0 saturated heterocycles. The van der Waals surface area contributed by atoms with Crippen molar-refractivity contribution in [2.24, 2.45) is 5.73 Å². The van der Waals surface area contributed by atoms with E-state index >= 15 is 0 Å². The molecule has 0 amide bonds. The number of hydrogen-bond acceptors (Lipinski definition) is 3. The van der Waals surface area contributed by atoms with Crippen LogP contribution in [0.2, 0.25) is 0 Å². The molecule has 1 aromatic heterocycles. The van der Waals surface area contributed by atoms with Crippen LogP contribution in [0.3, 0.4) is 0 Å². The molecule has 0 aliphatic rings. The highest BCUT2D eigenvalue weighted by molar-refractivity contribution is 7.99. The van der Waals surface area contributed by atoms with Crippen molar-refractivity contribution in [3.05, 3.63) is 59.9 Å². The van der Waals surface area contributed by atoms with E-state index < -0.39 is 0 Å². The van der Waals surface area contributed by atoms with Crippen LogP contribution in [0, 0.1) is 0 Å². The average molecular weight is 300 g/mol. The second-order valence-electron chi connectivity index (χ2n) is 6.45. The third kappa shape index (κ3) is 4.32. The van der Waals surface area contributed by atoms with Gasteiger partial charge in [-0.15, -0.1) is 11.8 Å². The molecule has 112 valence electrons. The van der Waals surface area contributed by atoms with Gasteiger partial charge in [0.05, 0.1) is 0 Å². The smallest absolute Gasteiger partial charge is 0.0493 e. The zero-order valence-corrected chi connectivity index (χ0v) is 14.0. The van der Waals surface area contributed by atoms with Crippen molar-refractivity contribution < 1.29 is 0 Å². The highest BCUT2D eigenvalue weighted by Gasteiger charge is 2.18. The van der Waals surface area contributed by atoms with Crippen LogP contribution >= 0.6 is 11.8 Å². The maximum atomic E-state index is 6.17. The molecular weight excluding hydrogens is 276 g/mol. The Labute approximate surface area is 132 Å². The first-order valence-corrected chi connectivity index (χ1v) is 8.18. The molecule has 0 radical (unpaired) electrons. The normalized spacial score (nSPS) is 14.7. The Balaban J connectivity index is 2.18. The maximum Gasteiger partial charge on any atom is 0.0493 e. The molecule has 1 heterocycles. The van der Waals surface area contributed by atoms with Crippen molar-refractivity contribution in [2.75, 3.05) is 0 Å². The minimum absolute atomic E-state index is 0.0830. The number of hydrogen-bond donors (Lipinski definition) is 1. The number of nitrogens with zero attached hydrogens (tertiary/aromatic N) is 1. The maximum absolute atomic E-state index is 6.17. The van der Waals surface area contributed by atoms with Crippen LogP contribution in [-0.2, 0) is 5.41 Å². The average Bonchev–Trinajstić information content (AvgIpc) is 2.45. The van der Waals surface area contributed by atoms with Crippen LogP contribution in [0.4, 0.5) is 0 Å². The first kappa shape index (κ1) is 16.1. The monoisotopic (exact) mass is 300 g/mol. The molecule has 1 aromatic carbocycles. The molecule has 0 saturated carbocycles. The Morgan fingerprint density at radius 1 is 1.00 bits per heavy atom. The summed E-state index contributed by atoms with van der Waals surface area (Å²) >= 11 is 1.82. The lowest BCUT2D eigenvalue weighted by atomic mass is 9.87. The van der Waals surface area contributed by atoms with Crippen LogP contribution in [0.5, 0.6) is 0 Å². The van der Waals surface area contributed by atoms with Crippen molar-refractivity contribution in [1.82, 2.24) is 4.98 Å². The molecular formula is C18H24N2S. The predicted octanol–water partition coefficient (Wildman–Crippen LogP) is 4.56. The van der Waals surface area contributed by atoms with Crippen molar-refractivity contribution in [1.29, 1.82) is 0 Å². The number of rotatable bonds is 4. The molecule has 0 aliphatic heterocycles.